The highest BCUT2D eigenvalue weighted by atomic mass is 16.5. The molecule has 1 aliphatic heterocycles. The average molecular weight is 173 g/mol. The lowest BCUT2D eigenvalue weighted by molar-refractivity contribution is -0.146. The Morgan fingerprint density at radius 2 is 2.42 bits per heavy atom. The highest BCUT2D eigenvalue weighted by molar-refractivity contribution is 5.76. The Morgan fingerprint density at radius 1 is 1.75 bits per heavy atom. The number of nitrogens with one attached hydrogen (secondary N) is 1. The van der Waals surface area contributed by atoms with E-state index in [1.807, 2.05) is 6.92 Å². The van der Waals surface area contributed by atoms with Gasteiger partial charge in [-0.1, -0.05) is 6.92 Å². The van der Waals surface area contributed by atoms with E-state index in [2.05, 4.69) is 5.32 Å². The molecule has 0 aromatic heterocycles. The zero-order chi connectivity index (χ0) is 9.14. The van der Waals surface area contributed by atoms with Gasteiger partial charge in [-0.2, -0.15) is 0 Å². The number of rotatable bonds is 2. The Morgan fingerprint density at radius 3 is 2.83 bits per heavy atom. The quantitative estimate of drug-likeness (QED) is 0.554. The number of hydrogen-bond acceptors (Lipinski definition) is 4. The molecule has 12 heavy (non-hydrogen) atoms. The van der Waals surface area contributed by atoms with Crippen LogP contribution in [0.1, 0.15) is 13.8 Å². The van der Waals surface area contributed by atoms with Gasteiger partial charge in [0.25, 0.3) is 0 Å². The maximum absolute atomic E-state index is 11.2. The molecule has 2 N–H and O–H groups in total. The molecule has 1 aliphatic rings. The van der Waals surface area contributed by atoms with Crippen molar-refractivity contribution in [2.24, 2.45) is 5.92 Å². The summed E-state index contributed by atoms with van der Waals surface area (Å²) in [6.45, 7) is 4.48. The first-order valence-corrected chi connectivity index (χ1v) is 4.25. The van der Waals surface area contributed by atoms with Gasteiger partial charge in [0, 0.05) is 12.5 Å². The Hall–Kier alpha value is -0.610. The topological polar surface area (TPSA) is 58.6 Å². The summed E-state index contributed by atoms with van der Waals surface area (Å²) in [4.78, 5) is 11.2. The van der Waals surface area contributed by atoms with Gasteiger partial charge in [0.1, 0.15) is 6.04 Å². The molecular weight excluding hydrogens is 158 g/mol. The summed E-state index contributed by atoms with van der Waals surface area (Å²) in [5.41, 5.74) is 0. The first kappa shape index (κ1) is 9.48. The molecule has 0 bridgehead atoms. The largest absolute Gasteiger partial charge is 0.465 e. The molecule has 0 aromatic rings. The van der Waals surface area contributed by atoms with Gasteiger partial charge in [-0.15, -0.1) is 0 Å². The molecule has 1 rings (SSSR count). The van der Waals surface area contributed by atoms with Gasteiger partial charge < -0.3 is 15.2 Å². The van der Waals surface area contributed by atoms with Gasteiger partial charge in [-0.25, -0.2) is 0 Å². The minimum Gasteiger partial charge on any atom is -0.465 e. The van der Waals surface area contributed by atoms with Crippen molar-refractivity contribution in [1.29, 1.82) is 0 Å². The van der Waals surface area contributed by atoms with Crippen molar-refractivity contribution in [3.8, 4) is 0 Å². The minimum atomic E-state index is -0.431. The number of aliphatic hydroxyl groups excluding tert-OH is 1. The molecule has 0 aliphatic carbocycles. The van der Waals surface area contributed by atoms with Crippen molar-refractivity contribution in [3.05, 3.63) is 0 Å². The van der Waals surface area contributed by atoms with Crippen LogP contribution in [0.25, 0.3) is 0 Å². The van der Waals surface area contributed by atoms with Crippen molar-refractivity contribution < 1.29 is 14.6 Å². The lowest BCUT2D eigenvalue weighted by atomic mass is 10.0. The van der Waals surface area contributed by atoms with Crippen LogP contribution in [0.5, 0.6) is 0 Å². The van der Waals surface area contributed by atoms with Crippen molar-refractivity contribution in [3.63, 3.8) is 0 Å². The van der Waals surface area contributed by atoms with Crippen LogP contribution in [0, 0.1) is 5.92 Å². The van der Waals surface area contributed by atoms with Gasteiger partial charge >= 0.3 is 5.97 Å². The highest BCUT2D eigenvalue weighted by Gasteiger charge is 2.36. The van der Waals surface area contributed by atoms with Crippen molar-refractivity contribution in [2.45, 2.75) is 26.0 Å². The van der Waals surface area contributed by atoms with Crippen LogP contribution in [-0.2, 0) is 9.53 Å². The van der Waals surface area contributed by atoms with Gasteiger partial charge in [0.2, 0.25) is 0 Å². The van der Waals surface area contributed by atoms with E-state index < -0.39 is 6.10 Å². The van der Waals surface area contributed by atoms with Crippen molar-refractivity contribution in [2.75, 3.05) is 13.2 Å². The fourth-order valence-corrected chi connectivity index (χ4v) is 1.37. The predicted octanol–water partition coefficient (Wildman–Crippen LogP) is -0.482. The fraction of sp³-hybridized carbons (Fsp3) is 0.875. The number of aliphatic hydroxyl groups is 1. The zero-order valence-corrected chi connectivity index (χ0v) is 7.41. The van der Waals surface area contributed by atoms with E-state index in [4.69, 9.17) is 4.74 Å². The third-order valence-corrected chi connectivity index (χ3v) is 2.22. The standard InChI is InChI=1S/C8H15NO3/c1-3-12-8(11)7-5(2)6(10)4-9-7/h5-7,9-10H,3-4H2,1-2H3. The number of carbonyl (C=O) groups is 1. The van der Waals surface area contributed by atoms with Crippen LogP contribution in [0.4, 0.5) is 0 Å². The molecular formula is C8H15NO3. The van der Waals surface area contributed by atoms with E-state index in [9.17, 15) is 9.90 Å². The maximum Gasteiger partial charge on any atom is 0.323 e. The Labute approximate surface area is 71.9 Å². The molecule has 1 heterocycles. The summed E-state index contributed by atoms with van der Waals surface area (Å²) in [5.74, 6) is -0.314. The molecule has 0 amide bonds. The van der Waals surface area contributed by atoms with Crippen LogP contribution in [0.3, 0.4) is 0 Å². The average Bonchev–Trinajstić information content (AvgIpc) is 2.34. The van der Waals surface area contributed by atoms with Crippen LogP contribution in [0.2, 0.25) is 0 Å². The Bertz CT molecular complexity index is 172. The summed E-state index contributed by atoms with van der Waals surface area (Å²) in [6.07, 6.45) is -0.431. The monoisotopic (exact) mass is 173 g/mol. The molecule has 4 nitrogen and oxygen atoms in total. The molecule has 3 unspecified atom stereocenters. The van der Waals surface area contributed by atoms with Gasteiger partial charge in [0.05, 0.1) is 12.7 Å². The van der Waals surface area contributed by atoms with Crippen LogP contribution < -0.4 is 5.32 Å². The first-order valence-electron chi connectivity index (χ1n) is 4.25. The number of hydrogen-bond donors (Lipinski definition) is 2. The third-order valence-electron chi connectivity index (χ3n) is 2.22. The first-order chi connectivity index (χ1) is 5.66. The second-order valence-corrected chi connectivity index (χ2v) is 3.06. The second kappa shape index (κ2) is 3.87. The number of ether oxygens (including phenoxy) is 1. The Kier molecular flexibility index (Phi) is 3.05. The summed E-state index contributed by atoms with van der Waals surface area (Å²) >= 11 is 0. The molecule has 0 radical (unpaired) electrons. The zero-order valence-electron chi connectivity index (χ0n) is 7.41. The third kappa shape index (κ3) is 1.76. The summed E-state index contributed by atoms with van der Waals surface area (Å²) in [7, 11) is 0. The molecule has 4 heteroatoms. The van der Waals surface area contributed by atoms with Crippen LogP contribution in [0.15, 0.2) is 0 Å². The maximum atomic E-state index is 11.2. The molecule has 1 saturated heterocycles. The van der Waals surface area contributed by atoms with Crippen molar-refractivity contribution >= 4 is 5.97 Å². The van der Waals surface area contributed by atoms with E-state index in [1.165, 1.54) is 0 Å². The molecule has 0 aromatic carbocycles. The lowest BCUT2D eigenvalue weighted by Crippen LogP contribution is -2.36. The Balaban J connectivity index is 2.47. The predicted molar refractivity (Wildman–Crippen MR) is 43.6 cm³/mol. The summed E-state index contributed by atoms with van der Waals surface area (Å²) < 4.78 is 4.83. The van der Waals surface area contributed by atoms with Gasteiger partial charge in [0.15, 0.2) is 0 Å². The number of esters is 1. The van der Waals surface area contributed by atoms with Gasteiger partial charge in [-0.05, 0) is 6.92 Å². The minimum absolute atomic E-state index is 0.0518. The summed E-state index contributed by atoms with van der Waals surface area (Å²) in [6, 6.07) is -0.333. The molecule has 1 fully saturated rings. The smallest absolute Gasteiger partial charge is 0.323 e. The molecule has 3 atom stereocenters. The van der Waals surface area contributed by atoms with E-state index >= 15 is 0 Å². The highest BCUT2D eigenvalue weighted by Crippen LogP contribution is 2.16. The molecule has 0 saturated carbocycles. The van der Waals surface area contributed by atoms with E-state index in [-0.39, 0.29) is 17.9 Å². The lowest BCUT2D eigenvalue weighted by Gasteiger charge is -2.14. The van der Waals surface area contributed by atoms with Crippen LogP contribution >= 0.6 is 0 Å². The second-order valence-electron chi connectivity index (χ2n) is 3.06. The molecule has 70 valence electrons. The number of carbonyl (C=O) groups excluding carboxylic acids is 1. The normalized spacial score (nSPS) is 35.1. The van der Waals surface area contributed by atoms with Crippen LogP contribution in [-0.4, -0.2) is 36.4 Å². The van der Waals surface area contributed by atoms with Crippen molar-refractivity contribution in [1.82, 2.24) is 5.32 Å². The van der Waals surface area contributed by atoms with E-state index in [0.29, 0.717) is 13.2 Å². The summed E-state index contributed by atoms with van der Waals surface area (Å²) in [5, 5.41) is 12.2. The molecule has 0 spiro atoms. The van der Waals surface area contributed by atoms with E-state index in [1.54, 1.807) is 6.92 Å². The van der Waals surface area contributed by atoms with Gasteiger partial charge in [-0.3, -0.25) is 4.79 Å². The van der Waals surface area contributed by atoms with E-state index in [0.717, 1.165) is 0 Å². The fourth-order valence-electron chi connectivity index (χ4n) is 1.37. The SMILES string of the molecule is CCOC(=O)C1NCC(O)C1C. The number of β-amino-alcohol motifs (C(OH)–C–C–N with tert-alkyl or cyclic N) is 1.